The van der Waals surface area contributed by atoms with Crippen molar-refractivity contribution in [2.45, 2.75) is 70.8 Å². The number of carbonyl (C=O) groups is 5. The van der Waals surface area contributed by atoms with Crippen molar-refractivity contribution in [1.82, 2.24) is 20.5 Å². The number of alkyl carbamates (subject to hydrolysis) is 1. The van der Waals surface area contributed by atoms with Crippen molar-refractivity contribution in [2.24, 2.45) is 5.92 Å². The first-order chi connectivity index (χ1) is 29.1. The first kappa shape index (κ1) is 43.0. The molecule has 2 atom stereocenters. The Morgan fingerprint density at radius 1 is 0.817 bits per heavy atom. The molecule has 0 fully saturated rings. The number of likely N-dealkylation sites (N-methyl/N-ethyl adjacent to an activating group) is 1. The number of esters is 1. The number of nitrogens with zero attached hydrogens (tertiary/aromatic N) is 1. The van der Waals surface area contributed by atoms with Crippen LogP contribution in [0, 0.1) is 5.92 Å². The predicted octanol–water partition coefficient (Wildman–Crippen LogP) is 7.05. The third-order valence-electron chi connectivity index (χ3n) is 10.4. The number of benzene rings is 4. The molecule has 2 heterocycles. The van der Waals surface area contributed by atoms with Gasteiger partial charge in [-0.3, -0.25) is 19.2 Å². The third kappa shape index (κ3) is 11.7. The Morgan fingerprint density at radius 2 is 1.55 bits per heavy atom. The van der Waals surface area contributed by atoms with E-state index < -0.39 is 18.1 Å². The Labute approximate surface area is 349 Å². The number of ether oxygens (including phenoxy) is 4. The molecule has 1 aliphatic heterocycles. The average molecular weight is 817 g/mol. The molecule has 0 aliphatic carbocycles. The van der Waals surface area contributed by atoms with E-state index in [9.17, 15) is 24.0 Å². The van der Waals surface area contributed by atoms with E-state index in [-0.39, 0.29) is 62.8 Å². The topological polar surface area (TPSA) is 165 Å². The Balaban J connectivity index is 0.988. The fourth-order valence-corrected chi connectivity index (χ4v) is 7.19. The molecule has 13 heteroatoms. The molecule has 60 heavy (non-hydrogen) atoms. The largest absolute Gasteiger partial charge is 0.488 e. The fraction of sp³-hybridized carbons (Fsp3) is 0.340. The number of rotatable bonds is 20. The number of unbranched alkanes of at least 4 members (excludes halogenated alkanes) is 1. The summed E-state index contributed by atoms with van der Waals surface area (Å²) in [6.45, 7) is 0.302. The van der Waals surface area contributed by atoms with Gasteiger partial charge in [-0.1, -0.05) is 73.2 Å². The minimum atomic E-state index is -0.728. The summed E-state index contributed by atoms with van der Waals surface area (Å²) < 4.78 is 22.9. The smallest absolute Gasteiger partial charge is 0.408 e. The van der Waals surface area contributed by atoms with Crippen LogP contribution in [0.4, 0.5) is 4.79 Å². The van der Waals surface area contributed by atoms with Gasteiger partial charge in [0.2, 0.25) is 11.8 Å². The summed E-state index contributed by atoms with van der Waals surface area (Å²) in [6, 6.07) is 29.7. The second kappa shape index (κ2) is 20.9. The molecule has 3 amide bonds. The Hall–Kier alpha value is -6.63. The zero-order valence-electron chi connectivity index (χ0n) is 34.3. The van der Waals surface area contributed by atoms with Gasteiger partial charge >= 0.3 is 12.1 Å². The number of aromatic nitrogens is 1. The molecule has 13 nitrogen and oxygen atoms in total. The van der Waals surface area contributed by atoms with Crippen LogP contribution in [0.25, 0.3) is 22.2 Å². The predicted molar refractivity (Wildman–Crippen MR) is 226 cm³/mol. The highest BCUT2D eigenvalue weighted by molar-refractivity contribution is 5.93. The lowest BCUT2D eigenvalue weighted by Crippen LogP contribution is -2.46. The van der Waals surface area contributed by atoms with E-state index in [2.05, 4.69) is 15.6 Å². The summed E-state index contributed by atoms with van der Waals surface area (Å²) in [6.07, 6.45) is 2.23. The lowest BCUT2D eigenvalue weighted by atomic mass is 9.95. The van der Waals surface area contributed by atoms with Crippen LogP contribution >= 0.6 is 0 Å². The molecular formula is C47H52N4O9. The number of fused-ring (bicyclic) bond motifs is 5. The van der Waals surface area contributed by atoms with Crippen molar-refractivity contribution in [3.63, 3.8) is 0 Å². The number of carbonyl (C=O) groups excluding carboxylic acids is 5. The highest BCUT2D eigenvalue weighted by atomic mass is 16.5. The number of hydrogen-bond acceptors (Lipinski definition) is 9. The van der Waals surface area contributed by atoms with Crippen LogP contribution in [0.3, 0.4) is 0 Å². The minimum absolute atomic E-state index is 0.00995. The zero-order chi connectivity index (χ0) is 42.4. The molecule has 5 aromatic rings. The van der Waals surface area contributed by atoms with Gasteiger partial charge in [0.15, 0.2) is 5.78 Å². The van der Waals surface area contributed by atoms with Gasteiger partial charge in [0.1, 0.15) is 44.0 Å². The zero-order valence-corrected chi connectivity index (χ0v) is 34.3. The number of H-pyrrole nitrogens is 1. The molecule has 0 spiro atoms. The van der Waals surface area contributed by atoms with E-state index in [0.717, 1.165) is 44.4 Å². The van der Waals surface area contributed by atoms with Gasteiger partial charge in [0, 0.05) is 68.0 Å². The maximum absolute atomic E-state index is 13.0. The second-order valence-corrected chi connectivity index (χ2v) is 15.1. The normalized spacial score (nSPS) is 12.5. The van der Waals surface area contributed by atoms with Gasteiger partial charge in [-0.25, -0.2) is 4.79 Å². The number of amides is 3. The van der Waals surface area contributed by atoms with Gasteiger partial charge in [0.25, 0.3) is 0 Å². The van der Waals surface area contributed by atoms with Crippen LogP contribution in [0.2, 0.25) is 0 Å². The van der Waals surface area contributed by atoms with Crippen LogP contribution in [-0.4, -0.2) is 73.3 Å². The van der Waals surface area contributed by atoms with Crippen molar-refractivity contribution in [3.8, 4) is 22.8 Å². The molecule has 0 radical (unpaired) electrons. The molecule has 4 aromatic carbocycles. The van der Waals surface area contributed by atoms with Crippen molar-refractivity contribution in [2.75, 3.05) is 27.7 Å². The molecular weight excluding hydrogens is 765 g/mol. The number of Topliss-reactive ketones (excluding diaryl/α,β-unsaturated/α-hetero) is 1. The monoisotopic (exact) mass is 816 g/mol. The average Bonchev–Trinajstić information content (AvgIpc) is 3.65. The second-order valence-electron chi connectivity index (χ2n) is 15.1. The van der Waals surface area contributed by atoms with Gasteiger partial charge in [-0.05, 0) is 66.6 Å². The molecule has 1 aliphatic rings. The summed E-state index contributed by atoms with van der Waals surface area (Å²) in [4.78, 5) is 68.4. The van der Waals surface area contributed by atoms with Crippen LogP contribution in [0.5, 0.6) is 11.5 Å². The first-order valence-electron chi connectivity index (χ1n) is 20.2. The maximum Gasteiger partial charge on any atom is 0.408 e. The highest BCUT2D eigenvalue weighted by Gasteiger charge is 2.26. The van der Waals surface area contributed by atoms with Gasteiger partial charge in [-0.15, -0.1) is 0 Å². The van der Waals surface area contributed by atoms with E-state index in [1.807, 2.05) is 84.9 Å². The number of aromatic amines is 1. The van der Waals surface area contributed by atoms with E-state index in [1.165, 1.54) is 4.90 Å². The standard InChI is InChI=1S/C47H52N4O9/c1-48-45(54)34(16-10-11-17-43(53)59-27-32-14-8-5-9-15-32)25-35(52)29-57-36-20-21-37-42(26-36)58-30-39-38-24-33(19-22-40(38)49-44(37)39)28-60-47(56)50-41(46(55)51(2)3)23-18-31-12-6-4-7-13-31/h4-9,12-15,19-22,24,26,34,41,49H,10-11,16-18,23,25,27-30H2,1-3H3,(H,48,54)(H,50,56). The fourth-order valence-electron chi connectivity index (χ4n) is 7.19. The molecule has 0 saturated carbocycles. The SMILES string of the molecule is CNC(=O)C(CCCCC(=O)OCc1ccccc1)CC(=O)COc1ccc2c(c1)OCc1c-2[nH]c2ccc(COC(=O)NC(CCc3ccccc3)C(=O)N(C)C)cc12. The number of ketones is 1. The van der Waals surface area contributed by atoms with Crippen molar-refractivity contribution < 1.29 is 42.9 Å². The van der Waals surface area contributed by atoms with Crippen molar-refractivity contribution in [3.05, 3.63) is 119 Å². The summed E-state index contributed by atoms with van der Waals surface area (Å²) in [5.74, 6) is -0.435. The quantitative estimate of drug-likeness (QED) is 0.0552. The summed E-state index contributed by atoms with van der Waals surface area (Å²) >= 11 is 0. The van der Waals surface area contributed by atoms with Crippen molar-refractivity contribution >= 4 is 40.6 Å². The van der Waals surface area contributed by atoms with E-state index in [1.54, 1.807) is 33.3 Å². The van der Waals surface area contributed by atoms with Crippen molar-refractivity contribution in [1.29, 1.82) is 0 Å². The Morgan fingerprint density at radius 3 is 2.28 bits per heavy atom. The minimum Gasteiger partial charge on any atom is -0.488 e. The number of aryl methyl sites for hydroxylation is 1. The van der Waals surface area contributed by atoms with Crippen LogP contribution in [-0.2, 0) is 54.9 Å². The molecule has 0 saturated heterocycles. The van der Waals surface area contributed by atoms with Crippen LogP contribution in [0.15, 0.2) is 97.1 Å². The Kier molecular flexibility index (Phi) is 14.9. The van der Waals surface area contributed by atoms with Gasteiger partial charge < -0.3 is 39.5 Å². The molecule has 1 aromatic heterocycles. The lowest BCUT2D eigenvalue weighted by molar-refractivity contribution is -0.145. The number of hydrogen-bond donors (Lipinski definition) is 3. The van der Waals surface area contributed by atoms with E-state index in [0.29, 0.717) is 43.6 Å². The molecule has 2 unspecified atom stereocenters. The number of nitrogens with one attached hydrogen (secondary N) is 3. The highest BCUT2D eigenvalue weighted by Crippen LogP contribution is 2.42. The molecule has 0 bridgehead atoms. The van der Waals surface area contributed by atoms with Gasteiger partial charge in [0.05, 0.1) is 5.69 Å². The summed E-state index contributed by atoms with van der Waals surface area (Å²) in [5, 5.41) is 6.32. The van der Waals surface area contributed by atoms with Gasteiger partial charge in [-0.2, -0.15) is 0 Å². The lowest BCUT2D eigenvalue weighted by Gasteiger charge is -2.21. The first-order valence-corrected chi connectivity index (χ1v) is 20.2. The third-order valence-corrected chi connectivity index (χ3v) is 10.4. The van der Waals surface area contributed by atoms with Crippen LogP contribution < -0.4 is 20.1 Å². The summed E-state index contributed by atoms with van der Waals surface area (Å²) in [5.41, 5.74) is 6.34. The van der Waals surface area contributed by atoms with Crippen LogP contribution in [0.1, 0.15) is 60.8 Å². The summed E-state index contributed by atoms with van der Waals surface area (Å²) in [7, 11) is 4.86. The molecule has 3 N–H and O–H groups in total. The van der Waals surface area contributed by atoms with E-state index in [4.69, 9.17) is 18.9 Å². The van der Waals surface area contributed by atoms with E-state index >= 15 is 0 Å². The molecule has 314 valence electrons. The maximum atomic E-state index is 13.0. The Bertz CT molecular complexity index is 2270. The molecule has 6 rings (SSSR count).